The smallest absolute Gasteiger partial charge is 0.338 e. The van der Waals surface area contributed by atoms with E-state index in [9.17, 15) is 9.59 Å². The van der Waals surface area contributed by atoms with Crippen LogP contribution in [0.1, 0.15) is 29.8 Å². The Balaban J connectivity index is 1.48. The Morgan fingerprint density at radius 1 is 1.07 bits per heavy atom. The number of hydrogen-bond donors (Lipinski definition) is 1. The monoisotopic (exact) mass is 410 g/mol. The molecule has 30 heavy (non-hydrogen) atoms. The van der Waals surface area contributed by atoms with Gasteiger partial charge in [0.15, 0.2) is 11.5 Å². The van der Waals surface area contributed by atoms with Gasteiger partial charge in [-0.1, -0.05) is 19.9 Å². The van der Waals surface area contributed by atoms with Crippen molar-refractivity contribution >= 4 is 23.6 Å². The highest BCUT2D eigenvalue weighted by molar-refractivity contribution is 6.02. The highest BCUT2D eigenvalue weighted by Gasteiger charge is 2.12. The lowest BCUT2D eigenvalue weighted by atomic mass is 10.2. The number of benzene rings is 2. The first-order valence-corrected chi connectivity index (χ1v) is 9.97. The fraction of sp³-hybridized carbons (Fsp3) is 0.304. The molecule has 1 aliphatic rings. The Labute approximate surface area is 176 Å². The standard InChI is InChI=1S/C23H26N2O5/c1-3-25(4-2)13-14-28-23(27)18-7-9-19(10-8-18)24-22(26)12-6-17-5-11-20-21(15-17)30-16-29-20/h5-12,15H,3-4,13-14,16H2,1-2H3,(H,24,26)/b12-6+. The number of ether oxygens (including phenoxy) is 3. The predicted molar refractivity (Wildman–Crippen MR) is 115 cm³/mol. The number of nitrogens with zero attached hydrogens (tertiary/aromatic N) is 1. The van der Waals surface area contributed by atoms with E-state index in [2.05, 4.69) is 24.1 Å². The van der Waals surface area contributed by atoms with Crippen molar-refractivity contribution in [1.29, 1.82) is 0 Å². The van der Waals surface area contributed by atoms with E-state index in [0.29, 0.717) is 35.9 Å². The molecular formula is C23H26N2O5. The van der Waals surface area contributed by atoms with Gasteiger partial charge in [-0.25, -0.2) is 4.79 Å². The predicted octanol–water partition coefficient (Wildman–Crippen LogP) is 3.57. The van der Waals surface area contributed by atoms with E-state index in [4.69, 9.17) is 14.2 Å². The minimum Gasteiger partial charge on any atom is -0.461 e. The van der Waals surface area contributed by atoms with Gasteiger partial charge in [0.2, 0.25) is 12.7 Å². The molecule has 0 saturated carbocycles. The number of nitrogens with one attached hydrogen (secondary N) is 1. The first-order chi connectivity index (χ1) is 14.6. The summed E-state index contributed by atoms with van der Waals surface area (Å²) in [5.41, 5.74) is 1.87. The summed E-state index contributed by atoms with van der Waals surface area (Å²) >= 11 is 0. The number of carbonyl (C=O) groups excluding carboxylic acids is 2. The summed E-state index contributed by atoms with van der Waals surface area (Å²) < 4.78 is 15.9. The van der Waals surface area contributed by atoms with Crippen LogP contribution in [0, 0.1) is 0 Å². The fourth-order valence-electron chi connectivity index (χ4n) is 2.95. The molecule has 0 bridgehead atoms. The molecule has 7 nitrogen and oxygen atoms in total. The van der Waals surface area contributed by atoms with Crippen LogP contribution in [0.15, 0.2) is 48.5 Å². The minimum atomic E-state index is -0.372. The molecule has 7 heteroatoms. The van der Waals surface area contributed by atoms with Crippen LogP contribution in [0.3, 0.4) is 0 Å². The van der Waals surface area contributed by atoms with Gasteiger partial charge in [-0.2, -0.15) is 0 Å². The van der Waals surface area contributed by atoms with Crippen LogP contribution in [0.25, 0.3) is 6.08 Å². The summed E-state index contributed by atoms with van der Waals surface area (Å²) in [6, 6.07) is 12.1. The average molecular weight is 410 g/mol. The largest absolute Gasteiger partial charge is 0.461 e. The number of amides is 1. The van der Waals surface area contributed by atoms with E-state index in [1.54, 1.807) is 36.4 Å². The van der Waals surface area contributed by atoms with Crippen LogP contribution < -0.4 is 14.8 Å². The summed E-state index contributed by atoms with van der Waals surface area (Å²) in [6.07, 6.45) is 3.13. The molecule has 1 amide bonds. The van der Waals surface area contributed by atoms with Crippen molar-refractivity contribution in [3.05, 3.63) is 59.7 Å². The maximum atomic E-state index is 12.2. The molecule has 158 valence electrons. The van der Waals surface area contributed by atoms with Crippen molar-refractivity contribution in [1.82, 2.24) is 4.90 Å². The molecule has 3 rings (SSSR count). The van der Waals surface area contributed by atoms with Crippen molar-refractivity contribution in [2.75, 3.05) is 38.4 Å². The third-order valence-electron chi connectivity index (χ3n) is 4.75. The van der Waals surface area contributed by atoms with Crippen molar-refractivity contribution < 1.29 is 23.8 Å². The second kappa shape index (κ2) is 10.5. The summed E-state index contributed by atoms with van der Waals surface area (Å²) in [5, 5.41) is 2.76. The van der Waals surface area contributed by atoms with Gasteiger partial charge >= 0.3 is 5.97 Å². The zero-order chi connectivity index (χ0) is 21.3. The topological polar surface area (TPSA) is 77.1 Å². The molecular weight excluding hydrogens is 384 g/mol. The Morgan fingerprint density at radius 2 is 1.80 bits per heavy atom. The van der Waals surface area contributed by atoms with E-state index in [1.807, 2.05) is 12.1 Å². The van der Waals surface area contributed by atoms with Gasteiger partial charge in [0, 0.05) is 18.3 Å². The van der Waals surface area contributed by atoms with Gasteiger partial charge < -0.3 is 24.4 Å². The number of rotatable bonds is 9. The lowest BCUT2D eigenvalue weighted by molar-refractivity contribution is -0.111. The second-order valence-corrected chi connectivity index (χ2v) is 6.68. The zero-order valence-electron chi connectivity index (χ0n) is 17.2. The zero-order valence-corrected chi connectivity index (χ0v) is 17.2. The van der Waals surface area contributed by atoms with E-state index >= 15 is 0 Å². The van der Waals surface area contributed by atoms with E-state index in [1.165, 1.54) is 6.08 Å². The highest BCUT2D eigenvalue weighted by Crippen LogP contribution is 2.32. The fourth-order valence-corrected chi connectivity index (χ4v) is 2.95. The quantitative estimate of drug-likeness (QED) is 0.503. The third kappa shape index (κ3) is 5.84. The molecule has 1 N–H and O–H groups in total. The first kappa shape index (κ1) is 21.4. The van der Waals surface area contributed by atoms with E-state index < -0.39 is 0 Å². The molecule has 1 aliphatic heterocycles. The molecule has 0 unspecified atom stereocenters. The van der Waals surface area contributed by atoms with Crippen LogP contribution in [0.4, 0.5) is 5.69 Å². The van der Waals surface area contributed by atoms with E-state index in [0.717, 1.165) is 18.7 Å². The van der Waals surface area contributed by atoms with Gasteiger partial charge in [0.05, 0.1) is 5.56 Å². The Bertz CT molecular complexity index is 904. The molecule has 0 radical (unpaired) electrons. The Kier molecular flexibility index (Phi) is 7.45. The van der Waals surface area contributed by atoms with Crippen molar-refractivity contribution in [2.24, 2.45) is 0 Å². The van der Waals surface area contributed by atoms with Crippen molar-refractivity contribution in [2.45, 2.75) is 13.8 Å². The van der Waals surface area contributed by atoms with E-state index in [-0.39, 0.29) is 18.7 Å². The molecule has 0 aliphatic carbocycles. The van der Waals surface area contributed by atoms with Crippen LogP contribution in [0.2, 0.25) is 0 Å². The number of likely N-dealkylation sites (N-methyl/N-ethyl adjacent to an activating group) is 1. The van der Waals surface area contributed by atoms with Gasteiger partial charge in [-0.05, 0) is 61.1 Å². The molecule has 0 fully saturated rings. The van der Waals surface area contributed by atoms with Crippen molar-refractivity contribution in [3.63, 3.8) is 0 Å². The van der Waals surface area contributed by atoms with Crippen LogP contribution in [-0.4, -0.2) is 49.8 Å². The molecule has 0 saturated heterocycles. The highest BCUT2D eigenvalue weighted by atomic mass is 16.7. The van der Waals surface area contributed by atoms with Gasteiger partial charge in [0.1, 0.15) is 6.61 Å². The number of hydrogen-bond acceptors (Lipinski definition) is 6. The Hall–Kier alpha value is -3.32. The molecule has 0 aromatic heterocycles. The first-order valence-electron chi connectivity index (χ1n) is 9.97. The summed E-state index contributed by atoms with van der Waals surface area (Å²) in [5.74, 6) is 0.713. The van der Waals surface area contributed by atoms with Crippen LogP contribution in [0.5, 0.6) is 11.5 Å². The second-order valence-electron chi connectivity index (χ2n) is 6.68. The number of esters is 1. The lowest BCUT2D eigenvalue weighted by Crippen LogP contribution is -2.27. The lowest BCUT2D eigenvalue weighted by Gasteiger charge is -2.17. The number of carbonyl (C=O) groups is 2. The van der Waals surface area contributed by atoms with Crippen molar-refractivity contribution in [3.8, 4) is 11.5 Å². The Morgan fingerprint density at radius 3 is 2.53 bits per heavy atom. The van der Waals surface area contributed by atoms with Gasteiger partial charge in [-0.3, -0.25) is 4.79 Å². The molecule has 0 spiro atoms. The SMILES string of the molecule is CCN(CC)CCOC(=O)c1ccc(NC(=O)/C=C/c2ccc3c(c2)OCO3)cc1. The third-order valence-corrected chi connectivity index (χ3v) is 4.75. The normalized spacial score (nSPS) is 12.4. The molecule has 2 aromatic rings. The average Bonchev–Trinajstić information content (AvgIpc) is 3.23. The number of anilines is 1. The summed E-state index contributed by atoms with van der Waals surface area (Å²) in [7, 11) is 0. The maximum Gasteiger partial charge on any atom is 0.338 e. The number of fused-ring (bicyclic) bond motifs is 1. The van der Waals surface area contributed by atoms with Crippen LogP contribution >= 0.6 is 0 Å². The summed E-state index contributed by atoms with van der Waals surface area (Å²) in [4.78, 5) is 26.5. The molecule has 0 atom stereocenters. The van der Waals surface area contributed by atoms with Gasteiger partial charge in [0.25, 0.3) is 0 Å². The molecule has 1 heterocycles. The minimum absolute atomic E-state index is 0.211. The van der Waals surface area contributed by atoms with Crippen LogP contribution in [-0.2, 0) is 9.53 Å². The van der Waals surface area contributed by atoms with Gasteiger partial charge in [-0.15, -0.1) is 0 Å². The molecule has 2 aromatic carbocycles. The maximum absolute atomic E-state index is 12.2. The summed E-state index contributed by atoms with van der Waals surface area (Å²) in [6.45, 7) is 7.26.